The molecule has 0 radical (unpaired) electrons. The fourth-order valence-corrected chi connectivity index (χ4v) is 3.84. The Balaban J connectivity index is 1.79. The molecule has 18 heavy (non-hydrogen) atoms. The molecule has 0 aromatic heterocycles. The van der Waals surface area contributed by atoms with E-state index in [1.54, 1.807) is 12.1 Å². The number of carbonyl (C=O) groups excluding carboxylic acids is 1. The first-order chi connectivity index (χ1) is 8.59. The van der Waals surface area contributed by atoms with Gasteiger partial charge in [0.05, 0.1) is 0 Å². The third-order valence-electron chi connectivity index (χ3n) is 5.20. The van der Waals surface area contributed by atoms with E-state index in [0.717, 1.165) is 32.1 Å². The number of benzene rings is 1. The van der Waals surface area contributed by atoms with Gasteiger partial charge in [-0.15, -0.1) is 0 Å². The van der Waals surface area contributed by atoms with Crippen molar-refractivity contribution in [1.82, 2.24) is 0 Å². The molecule has 1 aromatic rings. The van der Waals surface area contributed by atoms with Crippen LogP contribution >= 0.6 is 0 Å². The average Bonchev–Trinajstić information content (AvgIpc) is 2.66. The van der Waals surface area contributed by atoms with Gasteiger partial charge in [0.15, 0.2) is 0 Å². The van der Waals surface area contributed by atoms with Crippen LogP contribution in [0.1, 0.15) is 50.5 Å². The van der Waals surface area contributed by atoms with Gasteiger partial charge in [0.2, 0.25) is 0 Å². The van der Waals surface area contributed by atoms with Gasteiger partial charge in [-0.2, -0.15) is 0 Å². The highest BCUT2D eigenvalue weighted by Crippen LogP contribution is 2.53. The van der Waals surface area contributed by atoms with Gasteiger partial charge < -0.3 is 5.11 Å². The number of Topliss-reactive ketones (excluding diaryl/α,β-unsaturated/α-hetero) is 1. The lowest BCUT2D eigenvalue weighted by molar-refractivity contribution is -0.127. The van der Waals surface area contributed by atoms with Gasteiger partial charge in [-0.05, 0) is 55.2 Å². The molecule has 2 fully saturated rings. The molecule has 0 heterocycles. The van der Waals surface area contributed by atoms with E-state index in [1.165, 1.54) is 5.56 Å². The normalized spacial score (nSPS) is 35.5. The van der Waals surface area contributed by atoms with Crippen molar-refractivity contribution in [2.24, 2.45) is 11.3 Å². The fourth-order valence-electron chi connectivity index (χ4n) is 3.84. The van der Waals surface area contributed by atoms with Gasteiger partial charge in [0.1, 0.15) is 11.5 Å². The van der Waals surface area contributed by atoms with Crippen molar-refractivity contribution in [2.45, 2.75) is 44.9 Å². The maximum Gasteiger partial charge on any atom is 0.139 e. The summed E-state index contributed by atoms with van der Waals surface area (Å²) in [6.07, 6.45) is 5.12. The number of carbonyl (C=O) groups is 1. The summed E-state index contributed by atoms with van der Waals surface area (Å²) in [7, 11) is 0. The molecule has 2 saturated carbocycles. The Morgan fingerprint density at radius 2 is 1.94 bits per heavy atom. The van der Waals surface area contributed by atoms with Crippen molar-refractivity contribution in [3.05, 3.63) is 29.8 Å². The van der Waals surface area contributed by atoms with Crippen LogP contribution in [0.25, 0.3) is 0 Å². The summed E-state index contributed by atoms with van der Waals surface area (Å²) >= 11 is 0. The fraction of sp³-hybridized carbons (Fsp3) is 0.562. The third-order valence-corrected chi connectivity index (χ3v) is 5.20. The van der Waals surface area contributed by atoms with Gasteiger partial charge in [0, 0.05) is 11.8 Å². The lowest BCUT2D eigenvalue weighted by Gasteiger charge is -2.39. The Kier molecular flexibility index (Phi) is 2.69. The molecular weight excluding hydrogens is 224 g/mol. The number of phenolic OH excluding ortho intramolecular Hbond substituents is 1. The van der Waals surface area contributed by atoms with E-state index in [1.807, 2.05) is 12.1 Å². The largest absolute Gasteiger partial charge is 0.508 e. The van der Waals surface area contributed by atoms with Crippen molar-refractivity contribution >= 4 is 5.78 Å². The van der Waals surface area contributed by atoms with Crippen LogP contribution in [0, 0.1) is 11.3 Å². The quantitative estimate of drug-likeness (QED) is 0.818. The Labute approximate surface area is 108 Å². The topological polar surface area (TPSA) is 37.3 Å². The first-order valence-corrected chi connectivity index (χ1v) is 6.92. The zero-order chi connectivity index (χ0) is 12.8. The van der Waals surface area contributed by atoms with Crippen molar-refractivity contribution in [3.8, 4) is 5.75 Å². The summed E-state index contributed by atoms with van der Waals surface area (Å²) in [5, 5.41) is 9.34. The van der Waals surface area contributed by atoms with Crippen LogP contribution in [-0.4, -0.2) is 10.9 Å². The molecule has 0 amide bonds. The first kappa shape index (κ1) is 11.8. The Bertz CT molecular complexity index is 462. The van der Waals surface area contributed by atoms with E-state index in [0.29, 0.717) is 23.4 Å². The maximum absolute atomic E-state index is 12.0. The van der Waals surface area contributed by atoms with E-state index in [9.17, 15) is 9.90 Å². The number of rotatable bonds is 1. The zero-order valence-corrected chi connectivity index (χ0v) is 10.9. The molecule has 0 bridgehead atoms. The predicted octanol–water partition coefficient (Wildman–Crippen LogP) is 3.65. The molecule has 1 aromatic carbocycles. The predicted molar refractivity (Wildman–Crippen MR) is 70.5 cm³/mol. The van der Waals surface area contributed by atoms with E-state index in [-0.39, 0.29) is 5.41 Å². The third kappa shape index (κ3) is 1.75. The maximum atomic E-state index is 12.0. The highest BCUT2D eigenvalue weighted by Gasteiger charge is 2.48. The average molecular weight is 244 g/mol. The minimum atomic E-state index is -0.0343. The number of fused-ring (bicyclic) bond motifs is 1. The lowest BCUT2D eigenvalue weighted by atomic mass is 9.64. The number of aromatic hydroxyl groups is 1. The van der Waals surface area contributed by atoms with E-state index in [2.05, 4.69) is 6.92 Å². The van der Waals surface area contributed by atoms with Crippen molar-refractivity contribution in [2.75, 3.05) is 0 Å². The summed E-state index contributed by atoms with van der Waals surface area (Å²) in [5.41, 5.74) is 1.28. The summed E-state index contributed by atoms with van der Waals surface area (Å²) in [4.78, 5) is 12.0. The number of hydrogen-bond donors (Lipinski definition) is 1. The SMILES string of the molecule is C[C@]12CC[C@@H](c3ccc(O)cc3)C[C@H]1CCC2=O. The lowest BCUT2D eigenvalue weighted by Crippen LogP contribution is -2.34. The second-order valence-electron chi connectivity index (χ2n) is 6.14. The van der Waals surface area contributed by atoms with Crippen LogP contribution in [0.5, 0.6) is 5.75 Å². The zero-order valence-electron chi connectivity index (χ0n) is 10.9. The van der Waals surface area contributed by atoms with Crippen LogP contribution in [0.4, 0.5) is 0 Å². The molecule has 2 nitrogen and oxygen atoms in total. The second-order valence-corrected chi connectivity index (χ2v) is 6.14. The highest BCUT2D eigenvalue weighted by molar-refractivity contribution is 5.87. The number of hydrogen-bond acceptors (Lipinski definition) is 2. The molecule has 3 atom stereocenters. The molecule has 2 heteroatoms. The molecule has 1 N–H and O–H groups in total. The molecule has 2 aliphatic rings. The Hall–Kier alpha value is -1.31. The van der Waals surface area contributed by atoms with Crippen LogP contribution in [0.2, 0.25) is 0 Å². The smallest absolute Gasteiger partial charge is 0.139 e. The van der Waals surface area contributed by atoms with Gasteiger partial charge in [-0.25, -0.2) is 0 Å². The van der Waals surface area contributed by atoms with Gasteiger partial charge >= 0.3 is 0 Å². The monoisotopic (exact) mass is 244 g/mol. The van der Waals surface area contributed by atoms with Crippen LogP contribution in [0.3, 0.4) is 0 Å². The molecule has 3 rings (SSSR count). The molecule has 96 valence electrons. The van der Waals surface area contributed by atoms with E-state index < -0.39 is 0 Å². The van der Waals surface area contributed by atoms with Crippen LogP contribution < -0.4 is 0 Å². The van der Waals surface area contributed by atoms with Crippen molar-refractivity contribution < 1.29 is 9.90 Å². The summed E-state index contributed by atoms with van der Waals surface area (Å²) in [6, 6.07) is 7.59. The Morgan fingerprint density at radius 1 is 1.22 bits per heavy atom. The second kappa shape index (κ2) is 4.11. The molecule has 2 aliphatic carbocycles. The highest BCUT2D eigenvalue weighted by atomic mass is 16.3. The van der Waals surface area contributed by atoms with Gasteiger partial charge in [-0.3, -0.25) is 4.79 Å². The molecule has 0 unspecified atom stereocenters. The minimum Gasteiger partial charge on any atom is -0.508 e. The van der Waals surface area contributed by atoms with E-state index >= 15 is 0 Å². The number of phenols is 1. The molecule has 0 spiro atoms. The first-order valence-electron chi connectivity index (χ1n) is 6.92. The van der Waals surface area contributed by atoms with Crippen LogP contribution in [-0.2, 0) is 4.79 Å². The molecule has 0 aliphatic heterocycles. The van der Waals surface area contributed by atoms with Gasteiger partial charge in [-0.1, -0.05) is 19.1 Å². The number of ketones is 1. The summed E-state index contributed by atoms with van der Waals surface area (Å²) < 4.78 is 0. The van der Waals surface area contributed by atoms with Crippen LogP contribution in [0.15, 0.2) is 24.3 Å². The Morgan fingerprint density at radius 3 is 2.67 bits per heavy atom. The standard InChI is InChI=1S/C16H20O2/c1-16-9-8-12(10-13(16)4-7-15(16)18)11-2-5-14(17)6-3-11/h2-3,5-6,12-13,17H,4,7-10H2,1H3/t12-,13-,16+/m1/s1. The van der Waals surface area contributed by atoms with Gasteiger partial charge in [0.25, 0.3) is 0 Å². The summed E-state index contributed by atoms with van der Waals surface area (Å²) in [5.74, 6) is 1.94. The summed E-state index contributed by atoms with van der Waals surface area (Å²) in [6.45, 7) is 2.17. The van der Waals surface area contributed by atoms with Crippen molar-refractivity contribution in [1.29, 1.82) is 0 Å². The molecular formula is C16H20O2. The minimum absolute atomic E-state index is 0.0343. The van der Waals surface area contributed by atoms with Crippen molar-refractivity contribution in [3.63, 3.8) is 0 Å². The molecule has 0 saturated heterocycles. The van der Waals surface area contributed by atoms with E-state index in [4.69, 9.17) is 0 Å².